The highest BCUT2D eigenvalue weighted by Gasteiger charge is 2.37. The van der Waals surface area contributed by atoms with Crippen molar-refractivity contribution in [3.05, 3.63) is 62.1 Å². The zero-order valence-electron chi connectivity index (χ0n) is 16.3. The highest BCUT2D eigenvalue weighted by molar-refractivity contribution is 6.36. The number of rotatable bonds is 6. The third kappa shape index (κ3) is 5.31. The first-order chi connectivity index (χ1) is 14.7. The monoisotopic (exact) mass is 465 g/mol. The Hall–Kier alpha value is -3.17. The van der Waals surface area contributed by atoms with Gasteiger partial charge in [-0.05, 0) is 31.2 Å². The van der Waals surface area contributed by atoms with E-state index in [0.29, 0.717) is 22.0 Å². The van der Waals surface area contributed by atoms with Crippen LogP contribution in [0.4, 0.5) is 17.1 Å². The Morgan fingerprint density at radius 1 is 1.26 bits per heavy atom. The average Bonchev–Trinajstić information content (AvgIpc) is 3.10. The number of nitrogens with zero attached hydrogens (tertiary/aromatic N) is 2. The number of nitro benzene ring substituents is 1. The van der Waals surface area contributed by atoms with Crippen molar-refractivity contribution in [2.75, 3.05) is 23.4 Å². The summed E-state index contributed by atoms with van der Waals surface area (Å²) in [5.74, 6) is -2.47. The van der Waals surface area contributed by atoms with Gasteiger partial charge in [-0.15, -0.1) is 0 Å². The lowest BCUT2D eigenvalue weighted by Crippen LogP contribution is -2.28. The molecule has 0 bridgehead atoms. The van der Waals surface area contributed by atoms with E-state index >= 15 is 0 Å². The number of esters is 1. The molecule has 1 fully saturated rings. The molecule has 1 aliphatic rings. The van der Waals surface area contributed by atoms with Gasteiger partial charge in [0.1, 0.15) is 0 Å². The SMILES string of the molecule is Cc1ccc(N2C[C@@H](C(=O)OCC(=O)Nc3ccc(Cl)cc3Cl)CC2=O)cc1[N+](=O)[O-]. The first-order valence-electron chi connectivity index (χ1n) is 9.12. The molecule has 2 aromatic carbocycles. The lowest BCUT2D eigenvalue weighted by molar-refractivity contribution is -0.385. The van der Waals surface area contributed by atoms with Crippen molar-refractivity contribution in [3.8, 4) is 0 Å². The largest absolute Gasteiger partial charge is 0.455 e. The van der Waals surface area contributed by atoms with Gasteiger partial charge in [-0.1, -0.05) is 29.3 Å². The molecule has 0 saturated carbocycles. The van der Waals surface area contributed by atoms with E-state index in [9.17, 15) is 24.5 Å². The van der Waals surface area contributed by atoms with Crippen molar-refractivity contribution in [2.45, 2.75) is 13.3 Å². The highest BCUT2D eigenvalue weighted by Crippen LogP contribution is 2.30. The van der Waals surface area contributed by atoms with Crippen LogP contribution in [0.15, 0.2) is 36.4 Å². The first-order valence-corrected chi connectivity index (χ1v) is 9.88. The summed E-state index contributed by atoms with van der Waals surface area (Å²) >= 11 is 11.8. The quantitative estimate of drug-likeness (QED) is 0.394. The van der Waals surface area contributed by atoms with E-state index in [2.05, 4.69) is 5.32 Å². The number of hydrogen-bond donors (Lipinski definition) is 1. The van der Waals surface area contributed by atoms with E-state index in [0.717, 1.165) is 0 Å². The molecule has 31 heavy (non-hydrogen) atoms. The molecule has 0 unspecified atom stereocenters. The van der Waals surface area contributed by atoms with E-state index < -0.39 is 29.3 Å². The van der Waals surface area contributed by atoms with Crippen LogP contribution in [0.25, 0.3) is 0 Å². The maximum Gasteiger partial charge on any atom is 0.311 e. The maximum absolute atomic E-state index is 12.3. The standard InChI is InChI=1S/C20H17Cl2N3O6/c1-11-2-4-14(8-17(11)25(29)30)24-9-12(6-19(24)27)20(28)31-10-18(26)23-16-5-3-13(21)7-15(16)22/h2-5,7-8,12H,6,9-10H2,1H3,(H,23,26)/t12-/m0/s1. The van der Waals surface area contributed by atoms with E-state index in [1.807, 2.05) is 0 Å². The van der Waals surface area contributed by atoms with Crippen molar-refractivity contribution < 1.29 is 24.0 Å². The summed E-state index contributed by atoms with van der Waals surface area (Å²) < 4.78 is 5.03. The molecule has 0 aromatic heterocycles. The van der Waals surface area contributed by atoms with Crippen LogP contribution in [0, 0.1) is 23.0 Å². The van der Waals surface area contributed by atoms with Gasteiger partial charge in [0.15, 0.2) is 6.61 Å². The van der Waals surface area contributed by atoms with E-state index in [1.54, 1.807) is 25.1 Å². The second-order valence-electron chi connectivity index (χ2n) is 6.91. The molecule has 0 radical (unpaired) electrons. The van der Waals surface area contributed by atoms with Crippen LogP contribution in [0.5, 0.6) is 0 Å². The van der Waals surface area contributed by atoms with Crippen molar-refractivity contribution in [1.29, 1.82) is 0 Å². The third-order valence-electron chi connectivity index (χ3n) is 4.71. The molecule has 1 atom stereocenters. The van der Waals surface area contributed by atoms with Crippen molar-refractivity contribution in [2.24, 2.45) is 5.92 Å². The molecule has 9 nitrogen and oxygen atoms in total. The minimum absolute atomic E-state index is 0.00249. The van der Waals surface area contributed by atoms with Gasteiger partial charge in [0.05, 0.1) is 27.2 Å². The molecular formula is C20H17Cl2N3O6. The average molecular weight is 466 g/mol. The topological polar surface area (TPSA) is 119 Å². The molecule has 0 spiro atoms. The summed E-state index contributed by atoms with van der Waals surface area (Å²) in [6.45, 7) is 1.04. The van der Waals surface area contributed by atoms with Gasteiger partial charge in [0, 0.05) is 29.6 Å². The van der Waals surface area contributed by atoms with Gasteiger partial charge >= 0.3 is 5.97 Å². The number of halogens is 2. The molecule has 2 aromatic rings. The molecular weight excluding hydrogens is 449 g/mol. The predicted octanol–water partition coefficient (Wildman–Crippen LogP) is 3.74. The molecule has 1 heterocycles. The van der Waals surface area contributed by atoms with Crippen LogP contribution in [-0.2, 0) is 19.1 Å². The second kappa shape index (κ2) is 9.32. The first kappa shape index (κ1) is 22.5. The van der Waals surface area contributed by atoms with Crippen molar-refractivity contribution in [1.82, 2.24) is 0 Å². The summed E-state index contributed by atoms with van der Waals surface area (Å²) in [6.07, 6.45) is -0.120. The number of hydrogen-bond acceptors (Lipinski definition) is 6. The number of nitrogens with one attached hydrogen (secondary N) is 1. The van der Waals surface area contributed by atoms with Crippen LogP contribution in [0.3, 0.4) is 0 Å². The fraction of sp³-hybridized carbons (Fsp3) is 0.250. The minimum atomic E-state index is -0.792. The van der Waals surface area contributed by atoms with Crippen LogP contribution in [-0.4, -0.2) is 35.9 Å². The number of amides is 2. The number of benzene rings is 2. The summed E-state index contributed by atoms with van der Waals surface area (Å²) in [7, 11) is 0. The molecule has 11 heteroatoms. The van der Waals surface area contributed by atoms with Crippen LogP contribution < -0.4 is 10.2 Å². The number of carbonyl (C=O) groups is 3. The Morgan fingerprint density at radius 2 is 2.00 bits per heavy atom. The molecule has 1 saturated heterocycles. The van der Waals surface area contributed by atoms with Crippen LogP contribution in [0.2, 0.25) is 10.0 Å². The Kier molecular flexibility index (Phi) is 6.77. The summed E-state index contributed by atoms with van der Waals surface area (Å²) in [6, 6.07) is 8.93. The number of aryl methyl sites for hydroxylation is 1. The Balaban J connectivity index is 1.58. The van der Waals surface area contributed by atoms with E-state index in [-0.39, 0.29) is 29.6 Å². The van der Waals surface area contributed by atoms with Gasteiger partial charge in [0.25, 0.3) is 11.6 Å². The fourth-order valence-corrected chi connectivity index (χ4v) is 3.56. The Bertz CT molecular complexity index is 1070. The highest BCUT2D eigenvalue weighted by atomic mass is 35.5. The van der Waals surface area contributed by atoms with Crippen LogP contribution in [0.1, 0.15) is 12.0 Å². The van der Waals surface area contributed by atoms with E-state index in [4.69, 9.17) is 27.9 Å². The van der Waals surface area contributed by atoms with Crippen LogP contribution >= 0.6 is 23.2 Å². The normalized spacial score (nSPS) is 15.6. The third-order valence-corrected chi connectivity index (χ3v) is 5.26. The molecule has 1 N–H and O–H groups in total. The van der Waals surface area contributed by atoms with Gasteiger partial charge in [-0.3, -0.25) is 24.5 Å². The fourth-order valence-electron chi connectivity index (χ4n) is 3.11. The smallest absolute Gasteiger partial charge is 0.311 e. The predicted molar refractivity (Wildman–Crippen MR) is 114 cm³/mol. The Labute approximate surface area is 187 Å². The minimum Gasteiger partial charge on any atom is -0.455 e. The lowest BCUT2D eigenvalue weighted by Gasteiger charge is -2.17. The van der Waals surface area contributed by atoms with Gasteiger partial charge in [-0.25, -0.2) is 0 Å². The number of anilines is 2. The van der Waals surface area contributed by atoms with E-state index in [1.165, 1.54) is 23.1 Å². The summed E-state index contributed by atoms with van der Waals surface area (Å²) in [5, 5.41) is 14.3. The van der Waals surface area contributed by atoms with Gasteiger partial charge in [0.2, 0.25) is 5.91 Å². The number of carbonyl (C=O) groups excluding carboxylic acids is 3. The summed E-state index contributed by atoms with van der Waals surface area (Å²) in [5.41, 5.74) is 0.986. The molecule has 2 amide bonds. The molecule has 0 aliphatic carbocycles. The Morgan fingerprint density at radius 3 is 2.68 bits per heavy atom. The zero-order chi connectivity index (χ0) is 22.7. The molecule has 3 rings (SSSR count). The second-order valence-corrected chi connectivity index (χ2v) is 7.76. The van der Waals surface area contributed by atoms with Crippen molar-refractivity contribution in [3.63, 3.8) is 0 Å². The number of ether oxygens (including phenoxy) is 1. The lowest BCUT2D eigenvalue weighted by atomic mass is 10.1. The maximum atomic E-state index is 12.3. The summed E-state index contributed by atoms with van der Waals surface area (Å²) in [4.78, 5) is 48.6. The molecule has 162 valence electrons. The van der Waals surface area contributed by atoms with Gasteiger partial charge < -0.3 is 15.0 Å². The van der Waals surface area contributed by atoms with Gasteiger partial charge in [-0.2, -0.15) is 0 Å². The van der Waals surface area contributed by atoms with Crippen molar-refractivity contribution >= 4 is 58.0 Å². The molecule has 1 aliphatic heterocycles. The number of nitro groups is 1. The zero-order valence-corrected chi connectivity index (χ0v) is 17.8.